The van der Waals surface area contributed by atoms with Gasteiger partial charge in [-0.25, -0.2) is 4.98 Å². The van der Waals surface area contributed by atoms with Gasteiger partial charge in [0, 0.05) is 26.7 Å². The summed E-state index contributed by atoms with van der Waals surface area (Å²) in [7, 11) is 1.67. The molecule has 32 heavy (non-hydrogen) atoms. The van der Waals surface area contributed by atoms with Crippen LogP contribution in [-0.2, 0) is 24.0 Å². The molecule has 5 nitrogen and oxygen atoms in total. The highest BCUT2D eigenvalue weighted by atomic mass is 19.4. The summed E-state index contributed by atoms with van der Waals surface area (Å²) < 4.78 is 44.2. The molecule has 1 N–H and O–H groups in total. The van der Waals surface area contributed by atoms with Gasteiger partial charge in [-0.1, -0.05) is 17.7 Å². The molecule has 1 fully saturated rings. The summed E-state index contributed by atoms with van der Waals surface area (Å²) in [6.45, 7) is 4.55. The van der Waals surface area contributed by atoms with Crippen LogP contribution >= 0.6 is 0 Å². The lowest BCUT2D eigenvalue weighted by Gasteiger charge is -2.39. The molecule has 1 aliphatic carbocycles. The van der Waals surface area contributed by atoms with Crippen LogP contribution in [0.4, 0.5) is 13.2 Å². The minimum Gasteiger partial charge on any atom is -0.487 e. The number of nitrogens with zero attached hydrogens (tertiary/aromatic N) is 2. The molecule has 0 atom stereocenters. The molecular formula is C24H26F3N3O2. The van der Waals surface area contributed by atoms with Gasteiger partial charge in [0.15, 0.2) is 0 Å². The van der Waals surface area contributed by atoms with E-state index in [4.69, 9.17) is 4.74 Å². The Kier molecular flexibility index (Phi) is 6.24. The SMILES string of the molecule is CNC(=O)C1CN(CC2=C(C)c3ccc(OCc4cccc(C(F)(F)F)n4)cc3CC2)C1. The maximum absolute atomic E-state index is 12.8. The molecule has 2 aliphatic rings. The van der Waals surface area contributed by atoms with Crippen molar-refractivity contribution < 1.29 is 22.7 Å². The largest absolute Gasteiger partial charge is 0.487 e. The van der Waals surface area contributed by atoms with Gasteiger partial charge >= 0.3 is 6.18 Å². The quantitative estimate of drug-likeness (QED) is 0.728. The molecule has 0 radical (unpaired) electrons. The molecule has 1 aromatic heterocycles. The number of alkyl halides is 3. The highest BCUT2D eigenvalue weighted by Crippen LogP contribution is 2.35. The Bertz CT molecular complexity index is 1040. The molecule has 1 amide bonds. The van der Waals surface area contributed by atoms with Crippen molar-refractivity contribution >= 4 is 11.5 Å². The van der Waals surface area contributed by atoms with Gasteiger partial charge in [-0.2, -0.15) is 13.2 Å². The minimum atomic E-state index is -4.47. The van der Waals surface area contributed by atoms with Gasteiger partial charge in [-0.15, -0.1) is 0 Å². The average Bonchev–Trinajstić information content (AvgIpc) is 2.75. The van der Waals surface area contributed by atoms with Crippen LogP contribution in [0.1, 0.15) is 35.9 Å². The second-order valence-corrected chi connectivity index (χ2v) is 8.35. The number of hydrogen-bond acceptors (Lipinski definition) is 4. The fraction of sp³-hybridized carbons (Fsp3) is 0.417. The Hall–Kier alpha value is -2.87. The number of carbonyl (C=O) groups excluding carboxylic acids is 1. The normalized spacial score (nSPS) is 17.0. The monoisotopic (exact) mass is 445 g/mol. The second kappa shape index (κ2) is 8.94. The standard InChI is InChI=1S/C24H26F3N3O2/c1-15-17(11-30-12-18(13-30)23(31)28-2)7-6-16-10-20(8-9-21(15)16)32-14-19-4-3-5-22(29-19)24(25,26)27/h3-5,8-10,18H,6-7,11-14H2,1-2H3,(H,28,31). The number of halogens is 3. The van der Waals surface area contributed by atoms with Crippen LogP contribution in [0.3, 0.4) is 0 Å². The number of aryl methyl sites for hydroxylation is 1. The number of rotatable bonds is 6. The number of benzene rings is 1. The van der Waals surface area contributed by atoms with Gasteiger partial charge in [0.25, 0.3) is 0 Å². The predicted octanol–water partition coefficient (Wildman–Crippen LogP) is 4.08. The van der Waals surface area contributed by atoms with E-state index in [1.54, 1.807) is 7.05 Å². The van der Waals surface area contributed by atoms with Crippen molar-refractivity contribution in [2.24, 2.45) is 5.92 Å². The first-order valence-electron chi connectivity index (χ1n) is 10.7. The fourth-order valence-corrected chi connectivity index (χ4v) is 4.31. The van der Waals surface area contributed by atoms with Crippen LogP contribution in [0, 0.1) is 5.92 Å². The van der Waals surface area contributed by atoms with E-state index in [2.05, 4.69) is 22.1 Å². The van der Waals surface area contributed by atoms with Crippen LogP contribution in [-0.4, -0.2) is 42.5 Å². The maximum atomic E-state index is 12.8. The zero-order valence-electron chi connectivity index (χ0n) is 18.1. The van der Waals surface area contributed by atoms with Gasteiger partial charge in [-0.05, 0) is 60.7 Å². The van der Waals surface area contributed by atoms with E-state index < -0.39 is 11.9 Å². The number of carbonyl (C=O) groups is 1. The van der Waals surface area contributed by atoms with Crippen LogP contribution in [0.25, 0.3) is 5.57 Å². The number of likely N-dealkylation sites (tertiary alicyclic amines) is 1. The first-order chi connectivity index (χ1) is 15.2. The number of hydrogen-bond donors (Lipinski definition) is 1. The first-order valence-corrected chi connectivity index (χ1v) is 10.7. The number of ether oxygens (including phenoxy) is 1. The molecule has 1 aliphatic heterocycles. The van der Waals surface area contributed by atoms with E-state index in [1.807, 2.05) is 18.2 Å². The van der Waals surface area contributed by atoms with Crippen molar-refractivity contribution in [2.75, 3.05) is 26.7 Å². The summed E-state index contributed by atoms with van der Waals surface area (Å²) in [4.78, 5) is 17.6. The zero-order chi connectivity index (χ0) is 22.9. The van der Waals surface area contributed by atoms with Crippen molar-refractivity contribution in [1.82, 2.24) is 15.2 Å². The molecule has 2 aromatic rings. The molecule has 0 spiro atoms. The second-order valence-electron chi connectivity index (χ2n) is 8.35. The highest BCUT2D eigenvalue weighted by molar-refractivity contribution is 5.79. The van der Waals surface area contributed by atoms with Gasteiger partial charge in [0.2, 0.25) is 5.91 Å². The number of pyridine rings is 1. The fourth-order valence-electron chi connectivity index (χ4n) is 4.31. The summed E-state index contributed by atoms with van der Waals surface area (Å²) in [5, 5.41) is 2.70. The van der Waals surface area contributed by atoms with Crippen molar-refractivity contribution in [1.29, 1.82) is 0 Å². The lowest BCUT2D eigenvalue weighted by molar-refractivity contribution is -0.141. The van der Waals surface area contributed by atoms with Crippen molar-refractivity contribution in [3.63, 3.8) is 0 Å². The van der Waals surface area contributed by atoms with Gasteiger partial charge in [0.1, 0.15) is 18.1 Å². The highest BCUT2D eigenvalue weighted by Gasteiger charge is 2.33. The van der Waals surface area contributed by atoms with Crippen LogP contribution in [0.5, 0.6) is 5.75 Å². The summed E-state index contributed by atoms with van der Waals surface area (Å²) in [6, 6.07) is 9.65. The Morgan fingerprint density at radius 1 is 1.22 bits per heavy atom. The van der Waals surface area contributed by atoms with Gasteiger partial charge < -0.3 is 10.1 Å². The Labute approximate surface area is 185 Å². The number of nitrogens with one attached hydrogen (secondary N) is 1. The number of amides is 1. The van der Waals surface area contributed by atoms with E-state index in [-0.39, 0.29) is 24.1 Å². The topological polar surface area (TPSA) is 54.5 Å². The maximum Gasteiger partial charge on any atom is 0.433 e. The summed E-state index contributed by atoms with van der Waals surface area (Å²) in [6.07, 6.45) is -2.64. The van der Waals surface area contributed by atoms with E-state index in [0.717, 1.165) is 38.5 Å². The third-order valence-electron chi connectivity index (χ3n) is 6.18. The molecule has 2 heterocycles. The Morgan fingerprint density at radius 2 is 2.00 bits per heavy atom. The third-order valence-corrected chi connectivity index (χ3v) is 6.18. The smallest absolute Gasteiger partial charge is 0.433 e. The molecule has 0 bridgehead atoms. The van der Waals surface area contributed by atoms with E-state index in [9.17, 15) is 18.0 Å². The zero-order valence-corrected chi connectivity index (χ0v) is 18.1. The molecule has 170 valence electrons. The predicted molar refractivity (Wildman–Crippen MR) is 115 cm³/mol. The number of aromatic nitrogens is 1. The van der Waals surface area contributed by atoms with Crippen molar-refractivity contribution in [2.45, 2.75) is 32.5 Å². The number of allylic oxidation sites excluding steroid dienone is 1. The van der Waals surface area contributed by atoms with Gasteiger partial charge in [0.05, 0.1) is 11.6 Å². The molecule has 0 unspecified atom stereocenters. The van der Waals surface area contributed by atoms with Crippen molar-refractivity contribution in [3.8, 4) is 5.75 Å². The minimum absolute atomic E-state index is 0.0236. The van der Waals surface area contributed by atoms with E-state index >= 15 is 0 Å². The molecule has 4 rings (SSSR count). The Balaban J connectivity index is 1.39. The van der Waals surface area contributed by atoms with E-state index in [0.29, 0.717) is 5.75 Å². The van der Waals surface area contributed by atoms with E-state index in [1.165, 1.54) is 34.4 Å². The van der Waals surface area contributed by atoms with Gasteiger partial charge in [-0.3, -0.25) is 9.69 Å². The van der Waals surface area contributed by atoms with Crippen LogP contribution < -0.4 is 10.1 Å². The first kappa shape index (κ1) is 22.3. The molecule has 1 aromatic carbocycles. The number of fused-ring (bicyclic) bond motifs is 1. The summed E-state index contributed by atoms with van der Waals surface area (Å²) in [5.41, 5.74) is 4.31. The van der Waals surface area contributed by atoms with Crippen LogP contribution in [0.2, 0.25) is 0 Å². The van der Waals surface area contributed by atoms with Crippen LogP contribution in [0.15, 0.2) is 42.0 Å². The Morgan fingerprint density at radius 3 is 2.72 bits per heavy atom. The molecular weight excluding hydrogens is 419 g/mol. The summed E-state index contributed by atoms with van der Waals surface area (Å²) >= 11 is 0. The molecule has 0 saturated carbocycles. The van der Waals surface area contributed by atoms with Crippen molar-refractivity contribution in [3.05, 3.63) is 64.5 Å². The molecule has 8 heteroatoms. The average molecular weight is 445 g/mol. The molecule has 1 saturated heterocycles. The lowest BCUT2D eigenvalue weighted by Crippen LogP contribution is -2.53. The lowest BCUT2D eigenvalue weighted by atomic mass is 9.85. The third kappa shape index (κ3) is 4.80. The summed E-state index contributed by atoms with van der Waals surface area (Å²) in [5.74, 6) is 0.812.